The Balaban J connectivity index is 2.09. The van der Waals surface area contributed by atoms with E-state index >= 15 is 0 Å². The van der Waals surface area contributed by atoms with Crippen molar-refractivity contribution >= 4 is 16.9 Å². The van der Waals surface area contributed by atoms with Crippen molar-refractivity contribution in [3.05, 3.63) is 60.4 Å². The average molecular weight is 238 g/mol. The van der Waals surface area contributed by atoms with E-state index in [2.05, 4.69) is 4.98 Å². The average Bonchev–Trinajstić information content (AvgIpc) is 2.82. The smallest absolute Gasteiger partial charge is 0.263 e. The van der Waals surface area contributed by atoms with Gasteiger partial charge in [-0.2, -0.15) is 0 Å². The van der Waals surface area contributed by atoms with Crippen LogP contribution in [-0.2, 0) is 0 Å². The lowest BCUT2D eigenvalue weighted by molar-refractivity contribution is 0.0964. The molecule has 0 radical (unpaired) electrons. The number of carbonyl (C=O) groups is 1. The van der Waals surface area contributed by atoms with Crippen molar-refractivity contribution in [1.82, 2.24) is 9.55 Å². The zero-order valence-electron chi connectivity index (χ0n) is 9.45. The molecule has 2 aromatic carbocycles. The topological polar surface area (TPSA) is 55.1 Å². The summed E-state index contributed by atoms with van der Waals surface area (Å²) in [6.07, 6.45) is 1.51. The fourth-order valence-electron chi connectivity index (χ4n) is 1.86. The molecule has 0 aliphatic carbocycles. The van der Waals surface area contributed by atoms with Gasteiger partial charge < -0.3 is 5.11 Å². The number of hydrogen-bond donors (Lipinski definition) is 1. The first kappa shape index (κ1) is 10.5. The molecule has 1 heterocycles. The maximum Gasteiger partial charge on any atom is 0.263 e. The second-order valence-electron chi connectivity index (χ2n) is 3.96. The van der Waals surface area contributed by atoms with E-state index in [9.17, 15) is 9.90 Å². The lowest BCUT2D eigenvalue weighted by Gasteiger charge is -2.03. The van der Waals surface area contributed by atoms with Crippen molar-refractivity contribution in [3.63, 3.8) is 0 Å². The summed E-state index contributed by atoms with van der Waals surface area (Å²) < 4.78 is 1.50. The van der Waals surface area contributed by atoms with Crippen LogP contribution in [0.2, 0.25) is 0 Å². The van der Waals surface area contributed by atoms with Gasteiger partial charge in [0.1, 0.15) is 12.1 Å². The van der Waals surface area contributed by atoms with E-state index in [1.165, 1.54) is 23.0 Å². The second-order valence-corrected chi connectivity index (χ2v) is 3.96. The van der Waals surface area contributed by atoms with Gasteiger partial charge in [0.05, 0.1) is 11.0 Å². The van der Waals surface area contributed by atoms with Crippen LogP contribution in [0.4, 0.5) is 0 Å². The van der Waals surface area contributed by atoms with Gasteiger partial charge in [0.15, 0.2) is 0 Å². The Morgan fingerprint density at radius 3 is 2.56 bits per heavy atom. The van der Waals surface area contributed by atoms with Gasteiger partial charge in [0.2, 0.25) is 0 Å². The van der Waals surface area contributed by atoms with Crippen molar-refractivity contribution < 1.29 is 9.90 Å². The van der Waals surface area contributed by atoms with Gasteiger partial charge in [-0.05, 0) is 36.4 Å². The first-order chi connectivity index (χ1) is 8.75. The van der Waals surface area contributed by atoms with Crippen molar-refractivity contribution in [2.45, 2.75) is 0 Å². The van der Waals surface area contributed by atoms with Crippen LogP contribution < -0.4 is 0 Å². The van der Waals surface area contributed by atoms with Gasteiger partial charge in [-0.1, -0.05) is 12.1 Å². The summed E-state index contributed by atoms with van der Waals surface area (Å²) in [5.74, 6) is -0.0225. The lowest BCUT2D eigenvalue weighted by atomic mass is 10.2. The number of imidazole rings is 1. The zero-order valence-corrected chi connectivity index (χ0v) is 9.45. The third-order valence-corrected chi connectivity index (χ3v) is 2.79. The zero-order chi connectivity index (χ0) is 12.5. The Morgan fingerprint density at radius 1 is 1.06 bits per heavy atom. The number of aromatic hydroxyl groups is 1. The Kier molecular flexibility index (Phi) is 2.34. The predicted octanol–water partition coefficient (Wildman–Crippen LogP) is 2.43. The monoisotopic (exact) mass is 238 g/mol. The molecule has 0 aliphatic rings. The van der Waals surface area contributed by atoms with E-state index in [-0.39, 0.29) is 11.7 Å². The minimum Gasteiger partial charge on any atom is -0.508 e. The van der Waals surface area contributed by atoms with E-state index < -0.39 is 0 Å². The van der Waals surface area contributed by atoms with Crippen LogP contribution in [0.15, 0.2) is 54.9 Å². The third kappa shape index (κ3) is 1.64. The maximum atomic E-state index is 12.3. The summed E-state index contributed by atoms with van der Waals surface area (Å²) in [6.45, 7) is 0. The number of hydrogen-bond acceptors (Lipinski definition) is 3. The summed E-state index contributed by atoms with van der Waals surface area (Å²) in [7, 11) is 0. The fourth-order valence-corrected chi connectivity index (χ4v) is 1.86. The van der Waals surface area contributed by atoms with Crippen LogP contribution in [0.5, 0.6) is 5.75 Å². The standard InChI is InChI=1S/C14H10N2O2/c17-11-7-5-10(6-8-11)14(18)16-9-15-12-3-1-2-4-13(12)16/h1-9,17H. The van der Waals surface area contributed by atoms with Crippen LogP contribution in [0.1, 0.15) is 10.4 Å². The van der Waals surface area contributed by atoms with Gasteiger partial charge >= 0.3 is 0 Å². The SMILES string of the molecule is O=C(c1ccc(O)cc1)n1cnc2ccccc21. The molecule has 0 fully saturated rings. The van der Waals surface area contributed by atoms with E-state index in [1.54, 1.807) is 12.1 Å². The Morgan fingerprint density at radius 2 is 1.78 bits per heavy atom. The second kappa shape index (κ2) is 4.00. The number of carbonyl (C=O) groups excluding carboxylic acids is 1. The van der Waals surface area contributed by atoms with Crippen molar-refractivity contribution in [2.24, 2.45) is 0 Å². The molecule has 0 aliphatic heterocycles. The number of benzene rings is 2. The Labute approximate surface area is 103 Å². The predicted molar refractivity (Wildman–Crippen MR) is 67.6 cm³/mol. The molecule has 18 heavy (non-hydrogen) atoms. The highest BCUT2D eigenvalue weighted by atomic mass is 16.3. The van der Waals surface area contributed by atoms with E-state index in [4.69, 9.17) is 0 Å². The summed E-state index contributed by atoms with van der Waals surface area (Å²) in [4.78, 5) is 16.4. The normalized spacial score (nSPS) is 10.7. The first-order valence-electron chi connectivity index (χ1n) is 5.51. The van der Waals surface area contributed by atoms with Crippen LogP contribution in [0, 0.1) is 0 Å². The van der Waals surface area contributed by atoms with Gasteiger partial charge in [0, 0.05) is 5.56 Å². The first-order valence-corrected chi connectivity index (χ1v) is 5.51. The third-order valence-electron chi connectivity index (χ3n) is 2.79. The van der Waals surface area contributed by atoms with Crippen LogP contribution in [-0.4, -0.2) is 20.6 Å². The molecule has 1 aromatic heterocycles. The summed E-state index contributed by atoms with van der Waals surface area (Å²) in [5.41, 5.74) is 2.07. The minimum atomic E-state index is -0.163. The number of aromatic nitrogens is 2. The maximum absolute atomic E-state index is 12.3. The quantitative estimate of drug-likeness (QED) is 0.708. The van der Waals surface area contributed by atoms with E-state index in [1.807, 2.05) is 24.3 Å². The number of phenolic OH excluding ortho intramolecular Hbond substituents is 1. The molecule has 0 bridgehead atoms. The minimum absolute atomic E-state index is 0.141. The van der Waals surface area contributed by atoms with Crippen LogP contribution in [0.3, 0.4) is 0 Å². The number of nitrogens with zero attached hydrogens (tertiary/aromatic N) is 2. The number of para-hydroxylation sites is 2. The molecule has 88 valence electrons. The molecule has 0 amide bonds. The highest BCUT2D eigenvalue weighted by Gasteiger charge is 2.11. The van der Waals surface area contributed by atoms with E-state index in [0.717, 1.165) is 11.0 Å². The highest BCUT2D eigenvalue weighted by molar-refractivity contribution is 6.01. The van der Waals surface area contributed by atoms with Crippen molar-refractivity contribution in [1.29, 1.82) is 0 Å². The van der Waals surface area contributed by atoms with E-state index in [0.29, 0.717) is 5.56 Å². The molecule has 0 spiro atoms. The molecule has 3 aromatic rings. The van der Waals surface area contributed by atoms with Crippen molar-refractivity contribution in [2.75, 3.05) is 0 Å². The van der Waals surface area contributed by atoms with Gasteiger partial charge in [-0.15, -0.1) is 0 Å². The number of phenols is 1. The summed E-state index contributed by atoms with van der Waals surface area (Å²) >= 11 is 0. The Bertz CT molecular complexity index is 714. The van der Waals surface area contributed by atoms with Crippen LogP contribution >= 0.6 is 0 Å². The number of fused-ring (bicyclic) bond motifs is 1. The molecule has 1 N–H and O–H groups in total. The summed E-state index contributed by atoms with van der Waals surface area (Å²) in [6, 6.07) is 13.6. The molecular weight excluding hydrogens is 228 g/mol. The molecule has 3 rings (SSSR count). The Hall–Kier alpha value is -2.62. The van der Waals surface area contributed by atoms with Gasteiger partial charge in [-0.25, -0.2) is 4.98 Å². The molecule has 4 heteroatoms. The van der Waals surface area contributed by atoms with Crippen LogP contribution in [0.25, 0.3) is 11.0 Å². The molecule has 4 nitrogen and oxygen atoms in total. The largest absolute Gasteiger partial charge is 0.508 e. The molecule has 0 saturated carbocycles. The molecule has 0 atom stereocenters. The molecule has 0 saturated heterocycles. The molecular formula is C14H10N2O2. The molecule has 0 unspecified atom stereocenters. The van der Waals surface area contributed by atoms with Gasteiger partial charge in [-0.3, -0.25) is 9.36 Å². The van der Waals surface area contributed by atoms with Gasteiger partial charge in [0.25, 0.3) is 5.91 Å². The van der Waals surface area contributed by atoms with Crippen molar-refractivity contribution in [3.8, 4) is 5.75 Å². The highest BCUT2D eigenvalue weighted by Crippen LogP contribution is 2.15. The lowest BCUT2D eigenvalue weighted by Crippen LogP contribution is -2.10. The summed E-state index contributed by atoms with van der Waals surface area (Å²) in [5, 5.41) is 9.21. The fraction of sp³-hybridized carbons (Fsp3) is 0. The number of rotatable bonds is 1.